The highest BCUT2D eigenvalue weighted by Crippen LogP contribution is 2.32. The van der Waals surface area contributed by atoms with E-state index in [4.69, 9.17) is 0 Å². The molecule has 0 spiro atoms. The van der Waals surface area contributed by atoms with Gasteiger partial charge in [0.2, 0.25) is 0 Å². The Labute approximate surface area is 154 Å². The lowest BCUT2D eigenvalue weighted by molar-refractivity contribution is 0.302. The minimum absolute atomic E-state index is 0.117. The molecule has 0 aliphatic carbocycles. The van der Waals surface area contributed by atoms with Gasteiger partial charge in [-0.3, -0.25) is 5.32 Å². The number of halogens is 1. The molecule has 3 rings (SSSR count). The molecule has 2 nitrogen and oxygen atoms in total. The van der Waals surface area contributed by atoms with Crippen LogP contribution in [0.5, 0.6) is 0 Å². The lowest BCUT2D eigenvalue weighted by atomic mass is 9.92. The van der Waals surface area contributed by atoms with Crippen LogP contribution in [0.15, 0.2) is 54.6 Å². The highest BCUT2D eigenvalue weighted by atomic mass is 32.2. The fourth-order valence-corrected chi connectivity index (χ4v) is 4.50. The maximum absolute atomic E-state index is 13.7. The van der Waals surface area contributed by atoms with E-state index in [1.54, 1.807) is 12.1 Å². The van der Waals surface area contributed by atoms with Crippen molar-refractivity contribution >= 4 is 11.8 Å². The van der Waals surface area contributed by atoms with Crippen molar-refractivity contribution < 1.29 is 4.39 Å². The van der Waals surface area contributed by atoms with Crippen LogP contribution in [-0.4, -0.2) is 18.3 Å². The second kappa shape index (κ2) is 9.37. The highest BCUT2D eigenvalue weighted by Gasteiger charge is 2.28. The van der Waals surface area contributed by atoms with E-state index in [1.807, 2.05) is 17.8 Å². The zero-order valence-corrected chi connectivity index (χ0v) is 15.6. The van der Waals surface area contributed by atoms with Gasteiger partial charge in [0.1, 0.15) is 5.82 Å². The van der Waals surface area contributed by atoms with Crippen molar-refractivity contribution in [3.63, 3.8) is 0 Å². The summed E-state index contributed by atoms with van der Waals surface area (Å²) in [7, 11) is 0. The Balaban J connectivity index is 1.78. The first-order valence-electron chi connectivity index (χ1n) is 9.19. The van der Waals surface area contributed by atoms with Crippen LogP contribution in [-0.2, 0) is 0 Å². The summed E-state index contributed by atoms with van der Waals surface area (Å²) in [5, 5.41) is 7.60. The second-order valence-electron chi connectivity index (χ2n) is 6.56. The fourth-order valence-electron chi connectivity index (χ4n) is 3.42. The van der Waals surface area contributed by atoms with E-state index in [9.17, 15) is 4.39 Å². The van der Waals surface area contributed by atoms with E-state index in [0.717, 1.165) is 37.1 Å². The summed E-state index contributed by atoms with van der Waals surface area (Å²) in [4.78, 5) is 0. The van der Waals surface area contributed by atoms with Crippen molar-refractivity contribution in [2.45, 2.75) is 43.6 Å². The first-order valence-corrected chi connectivity index (χ1v) is 10.2. The molecule has 3 unspecified atom stereocenters. The van der Waals surface area contributed by atoms with Crippen molar-refractivity contribution in [2.24, 2.45) is 0 Å². The van der Waals surface area contributed by atoms with Crippen molar-refractivity contribution in [3.05, 3.63) is 71.5 Å². The monoisotopic (exact) mass is 358 g/mol. The van der Waals surface area contributed by atoms with Crippen LogP contribution in [0.2, 0.25) is 0 Å². The molecule has 2 aromatic rings. The molecule has 1 aliphatic rings. The summed E-state index contributed by atoms with van der Waals surface area (Å²) >= 11 is 1.87. The van der Waals surface area contributed by atoms with Crippen molar-refractivity contribution in [1.82, 2.24) is 10.6 Å². The van der Waals surface area contributed by atoms with Gasteiger partial charge >= 0.3 is 0 Å². The fraction of sp³-hybridized carbons (Fsp3) is 0.429. The molecule has 3 atom stereocenters. The van der Waals surface area contributed by atoms with Crippen LogP contribution in [0, 0.1) is 5.82 Å². The van der Waals surface area contributed by atoms with Gasteiger partial charge in [0.25, 0.3) is 0 Å². The third-order valence-electron chi connectivity index (χ3n) is 4.62. The van der Waals surface area contributed by atoms with Gasteiger partial charge in [-0.1, -0.05) is 49.4 Å². The molecule has 0 radical (unpaired) electrons. The van der Waals surface area contributed by atoms with Gasteiger partial charge in [-0.25, -0.2) is 4.39 Å². The van der Waals surface area contributed by atoms with Crippen LogP contribution in [0.3, 0.4) is 0 Å². The molecule has 1 saturated heterocycles. The summed E-state index contributed by atoms with van der Waals surface area (Å²) in [5.41, 5.74) is 2.34. The second-order valence-corrected chi connectivity index (χ2v) is 7.78. The number of hydrogen-bond acceptors (Lipinski definition) is 3. The summed E-state index contributed by atoms with van der Waals surface area (Å²) < 4.78 is 13.7. The lowest BCUT2D eigenvalue weighted by Gasteiger charge is -2.36. The number of rotatable bonds is 7. The molecule has 1 aliphatic heterocycles. The number of thioether (sulfide) groups is 1. The number of benzene rings is 2. The number of piperidine rings is 1. The molecule has 2 N–H and O–H groups in total. The average Bonchev–Trinajstić information content (AvgIpc) is 2.66. The molecule has 134 valence electrons. The van der Waals surface area contributed by atoms with Gasteiger partial charge in [0.05, 0.1) is 5.37 Å². The van der Waals surface area contributed by atoms with Crippen LogP contribution < -0.4 is 10.6 Å². The quantitative estimate of drug-likeness (QED) is 0.677. The van der Waals surface area contributed by atoms with Crippen LogP contribution in [0.1, 0.15) is 48.7 Å². The predicted octanol–water partition coefficient (Wildman–Crippen LogP) is 5.05. The van der Waals surface area contributed by atoms with E-state index < -0.39 is 0 Å². The Hall–Kier alpha value is -1.36. The summed E-state index contributed by atoms with van der Waals surface area (Å²) in [6.07, 6.45) is 3.41. The molecule has 0 aromatic heterocycles. The maximum atomic E-state index is 13.7. The minimum atomic E-state index is -0.164. The molecule has 0 bridgehead atoms. The predicted molar refractivity (Wildman–Crippen MR) is 105 cm³/mol. The zero-order chi connectivity index (χ0) is 17.5. The molecule has 1 fully saturated rings. The van der Waals surface area contributed by atoms with Gasteiger partial charge in [-0.15, -0.1) is 11.8 Å². The smallest absolute Gasteiger partial charge is 0.123 e. The number of nitrogens with one attached hydrogen (secondary N) is 2. The van der Waals surface area contributed by atoms with Gasteiger partial charge in [-0.2, -0.15) is 0 Å². The highest BCUT2D eigenvalue weighted by molar-refractivity contribution is 7.99. The molecule has 1 heterocycles. The average molecular weight is 359 g/mol. The van der Waals surface area contributed by atoms with Crippen LogP contribution in [0.4, 0.5) is 4.39 Å². The first-order chi connectivity index (χ1) is 12.3. The van der Waals surface area contributed by atoms with E-state index in [0.29, 0.717) is 12.1 Å². The molecule has 0 amide bonds. The Morgan fingerprint density at radius 3 is 2.80 bits per heavy atom. The first kappa shape index (κ1) is 18.4. The zero-order valence-electron chi connectivity index (χ0n) is 14.7. The van der Waals surface area contributed by atoms with E-state index in [2.05, 4.69) is 47.9 Å². The molecular formula is C21H27FN2S. The third-order valence-corrected chi connectivity index (χ3v) is 6.01. The van der Waals surface area contributed by atoms with Gasteiger partial charge in [0.15, 0.2) is 0 Å². The standard InChI is InChI=1S/C21H27FN2S/c1-2-14-25-21(17-10-6-11-18(22)15-17)24-19-12-7-13-23-20(19)16-8-4-3-5-9-16/h3-6,8-11,15,19-21,23-24H,2,7,12-14H2,1H3. The summed E-state index contributed by atoms with van der Waals surface area (Å²) in [6, 6.07) is 18.3. The van der Waals surface area contributed by atoms with E-state index in [1.165, 1.54) is 11.6 Å². The summed E-state index contributed by atoms with van der Waals surface area (Å²) in [5.74, 6) is 0.896. The van der Waals surface area contributed by atoms with Crippen molar-refractivity contribution in [3.8, 4) is 0 Å². The minimum Gasteiger partial charge on any atom is -0.309 e. The molecule has 0 saturated carbocycles. The molecule has 4 heteroatoms. The molecule has 2 aromatic carbocycles. The Morgan fingerprint density at radius 2 is 2.04 bits per heavy atom. The van der Waals surface area contributed by atoms with Gasteiger partial charge in [-0.05, 0) is 54.8 Å². The summed E-state index contributed by atoms with van der Waals surface area (Å²) in [6.45, 7) is 3.23. The van der Waals surface area contributed by atoms with Gasteiger partial charge < -0.3 is 5.32 Å². The molecular weight excluding hydrogens is 331 g/mol. The maximum Gasteiger partial charge on any atom is 0.123 e. The topological polar surface area (TPSA) is 24.1 Å². The van der Waals surface area contributed by atoms with E-state index >= 15 is 0 Å². The Bertz CT molecular complexity index is 649. The lowest BCUT2D eigenvalue weighted by Crippen LogP contribution is -2.46. The third kappa shape index (κ3) is 5.06. The Kier molecular flexibility index (Phi) is 6.91. The SMILES string of the molecule is CCCSC(NC1CCCNC1c1ccccc1)c1cccc(F)c1. The van der Waals surface area contributed by atoms with Gasteiger partial charge in [0, 0.05) is 12.1 Å². The van der Waals surface area contributed by atoms with Crippen molar-refractivity contribution in [1.29, 1.82) is 0 Å². The largest absolute Gasteiger partial charge is 0.309 e. The van der Waals surface area contributed by atoms with Crippen molar-refractivity contribution in [2.75, 3.05) is 12.3 Å². The Morgan fingerprint density at radius 1 is 1.20 bits per heavy atom. The van der Waals surface area contributed by atoms with E-state index in [-0.39, 0.29) is 11.2 Å². The van der Waals surface area contributed by atoms with Crippen LogP contribution >= 0.6 is 11.8 Å². The number of hydrogen-bond donors (Lipinski definition) is 2. The normalized spacial score (nSPS) is 21.8. The molecule has 25 heavy (non-hydrogen) atoms. The van der Waals surface area contributed by atoms with Crippen LogP contribution in [0.25, 0.3) is 0 Å².